The van der Waals surface area contributed by atoms with E-state index in [4.69, 9.17) is 0 Å². The number of imidazole rings is 2. The highest BCUT2D eigenvalue weighted by atomic mass is 32.2. The molecule has 1 saturated heterocycles. The number of hydrogen-bond donors (Lipinski definition) is 1. The molecule has 0 aliphatic carbocycles. The van der Waals surface area contributed by atoms with E-state index in [-0.39, 0.29) is 11.1 Å². The Morgan fingerprint density at radius 1 is 1.40 bits per heavy atom. The molecule has 1 atom stereocenters. The van der Waals surface area contributed by atoms with Crippen LogP contribution < -0.4 is 0 Å². The van der Waals surface area contributed by atoms with E-state index >= 15 is 0 Å². The summed E-state index contributed by atoms with van der Waals surface area (Å²) in [6.45, 7) is 2.41. The molecule has 0 saturated carbocycles. The van der Waals surface area contributed by atoms with Crippen LogP contribution in [0.2, 0.25) is 0 Å². The highest BCUT2D eigenvalue weighted by Crippen LogP contribution is 2.34. The molecule has 7 nitrogen and oxygen atoms in total. The third-order valence-electron chi connectivity index (χ3n) is 3.50. The van der Waals surface area contributed by atoms with Gasteiger partial charge in [0.1, 0.15) is 5.82 Å². The van der Waals surface area contributed by atoms with Crippen LogP contribution in [0.1, 0.15) is 30.4 Å². The first-order chi connectivity index (χ1) is 9.48. The van der Waals surface area contributed by atoms with E-state index in [0.717, 1.165) is 18.5 Å². The Balaban J connectivity index is 1.96. The monoisotopic (exact) mass is 295 g/mol. The number of aryl methyl sites for hydroxylation is 2. The van der Waals surface area contributed by atoms with Crippen LogP contribution in [-0.2, 0) is 17.1 Å². The molecule has 3 heterocycles. The molecular formula is C12H17N5O2S. The lowest BCUT2D eigenvalue weighted by molar-refractivity contribution is 0.383. The van der Waals surface area contributed by atoms with Crippen molar-refractivity contribution in [2.75, 3.05) is 6.54 Å². The molecule has 0 aromatic carbocycles. The minimum Gasteiger partial charge on any atom is -0.345 e. The topological polar surface area (TPSA) is 83.9 Å². The van der Waals surface area contributed by atoms with Crippen LogP contribution in [-0.4, -0.2) is 38.8 Å². The van der Waals surface area contributed by atoms with Gasteiger partial charge in [-0.2, -0.15) is 4.31 Å². The fourth-order valence-electron chi connectivity index (χ4n) is 2.55. The van der Waals surface area contributed by atoms with Crippen LogP contribution >= 0.6 is 0 Å². The van der Waals surface area contributed by atoms with Gasteiger partial charge in [-0.3, -0.25) is 0 Å². The Morgan fingerprint density at radius 2 is 2.20 bits per heavy atom. The molecule has 20 heavy (non-hydrogen) atoms. The SMILES string of the molecule is Cc1cnc([C@@H]2CCCN2S(=O)(=O)c2cn(C)cn2)[nH]1. The summed E-state index contributed by atoms with van der Waals surface area (Å²) in [7, 11) is -1.81. The quantitative estimate of drug-likeness (QED) is 0.914. The molecule has 1 aliphatic rings. The van der Waals surface area contributed by atoms with E-state index in [2.05, 4.69) is 15.0 Å². The first-order valence-electron chi connectivity index (χ1n) is 6.50. The number of nitrogens with one attached hydrogen (secondary N) is 1. The van der Waals surface area contributed by atoms with Crippen LogP contribution in [0.25, 0.3) is 0 Å². The summed E-state index contributed by atoms with van der Waals surface area (Å²) in [6, 6.07) is -0.226. The lowest BCUT2D eigenvalue weighted by atomic mass is 10.2. The fourth-order valence-corrected chi connectivity index (χ4v) is 4.18. The predicted octanol–water partition coefficient (Wildman–Crippen LogP) is 0.977. The molecule has 0 amide bonds. The average molecular weight is 295 g/mol. The summed E-state index contributed by atoms with van der Waals surface area (Å²) in [4.78, 5) is 11.4. The van der Waals surface area contributed by atoms with Crippen molar-refractivity contribution in [2.24, 2.45) is 7.05 Å². The number of sulfonamides is 1. The molecule has 2 aromatic rings. The molecular weight excluding hydrogens is 278 g/mol. The van der Waals surface area contributed by atoms with Gasteiger partial charge in [0.2, 0.25) is 0 Å². The van der Waals surface area contributed by atoms with E-state index in [0.29, 0.717) is 12.4 Å². The Morgan fingerprint density at radius 3 is 2.80 bits per heavy atom. The van der Waals surface area contributed by atoms with Gasteiger partial charge < -0.3 is 9.55 Å². The Kier molecular flexibility index (Phi) is 3.14. The second kappa shape index (κ2) is 4.71. The molecule has 0 radical (unpaired) electrons. The van der Waals surface area contributed by atoms with Gasteiger partial charge in [0, 0.05) is 31.7 Å². The van der Waals surface area contributed by atoms with Crippen molar-refractivity contribution >= 4 is 10.0 Å². The molecule has 2 aromatic heterocycles. The summed E-state index contributed by atoms with van der Waals surface area (Å²) in [5.74, 6) is 0.708. The van der Waals surface area contributed by atoms with Gasteiger partial charge in [-0.05, 0) is 19.8 Å². The van der Waals surface area contributed by atoms with Crippen molar-refractivity contribution in [2.45, 2.75) is 30.8 Å². The van der Waals surface area contributed by atoms with Gasteiger partial charge in [0.25, 0.3) is 10.0 Å². The zero-order chi connectivity index (χ0) is 14.3. The smallest absolute Gasteiger partial charge is 0.262 e. The van der Waals surface area contributed by atoms with Crippen molar-refractivity contribution < 1.29 is 8.42 Å². The van der Waals surface area contributed by atoms with Crippen LogP contribution in [0.3, 0.4) is 0 Å². The van der Waals surface area contributed by atoms with Crippen molar-refractivity contribution in [1.29, 1.82) is 0 Å². The molecule has 1 fully saturated rings. The Hall–Kier alpha value is -1.67. The summed E-state index contributed by atoms with van der Waals surface area (Å²) in [5, 5.41) is 0.0928. The van der Waals surface area contributed by atoms with Crippen LogP contribution in [0.15, 0.2) is 23.7 Å². The highest BCUT2D eigenvalue weighted by Gasteiger charge is 2.38. The second-order valence-corrected chi connectivity index (χ2v) is 6.94. The van der Waals surface area contributed by atoms with E-state index in [9.17, 15) is 8.42 Å². The maximum absolute atomic E-state index is 12.6. The molecule has 108 valence electrons. The Labute approximate surface area is 117 Å². The van der Waals surface area contributed by atoms with Gasteiger partial charge in [0.05, 0.1) is 12.4 Å². The number of hydrogen-bond acceptors (Lipinski definition) is 4. The maximum Gasteiger partial charge on any atom is 0.262 e. The molecule has 0 spiro atoms. The minimum absolute atomic E-state index is 0.0928. The zero-order valence-electron chi connectivity index (χ0n) is 11.4. The average Bonchev–Trinajstić information content (AvgIpc) is 3.07. The highest BCUT2D eigenvalue weighted by molar-refractivity contribution is 7.89. The zero-order valence-corrected chi connectivity index (χ0v) is 12.3. The van der Waals surface area contributed by atoms with Gasteiger partial charge >= 0.3 is 0 Å². The standard InChI is InChI=1S/C12H17N5O2S/c1-9-6-13-12(15-9)10-4-3-5-17(10)20(18,19)11-7-16(2)8-14-11/h6-8,10H,3-5H2,1-2H3,(H,13,15)/t10-/m0/s1. The van der Waals surface area contributed by atoms with Crippen molar-refractivity contribution in [3.8, 4) is 0 Å². The summed E-state index contributed by atoms with van der Waals surface area (Å²) < 4.78 is 28.4. The molecule has 0 bridgehead atoms. The van der Waals surface area contributed by atoms with Crippen molar-refractivity contribution in [3.05, 3.63) is 30.2 Å². The lowest BCUT2D eigenvalue weighted by Gasteiger charge is -2.21. The number of aromatic amines is 1. The lowest BCUT2D eigenvalue weighted by Crippen LogP contribution is -2.31. The first-order valence-corrected chi connectivity index (χ1v) is 7.94. The molecule has 3 rings (SSSR count). The number of nitrogens with zero attached hydrogens (tertiary/aromatic N) is 4. The van der Waals surface area contributed by atoms with Crippen LogP contribution in [0.5, 0.6) is 0 Å². The summed E-state index contributed by atoms with van der Waals surface area (Å²) >= 11 is 0. The second-order valence-electron chi connectivity index (χ2n) is 5.10. The molecule has 8 heteroatoms. The van der Waals surface area contributed by atoms with E-state index in [1.54, 1.807) is 17.8 Å². The van der Waals surface area contributed by atoms with E-state index in [1.807, 2.05) is 6.92 Å². The fraction of sp³-hybridized carbons (Fsp3) is 0.500. The van der Waals surface area contributed by atoms with Gasteiger partial charge in [-0.15, -0.1) is 0 Å². The summed E-state index contributed by atoms with van der Waals surface area (Å²) in [5.41, 5.74) is 0.932. The van der Waals surface area contributed by atoms with E-state index < -0.39 is 10.0 Å². The third-order valence-corrected chi connectivity index (χ3v) is 5.29. The molecule has 1 N–H and O–H groups in total. The number of H-pyrrole nitrogens is 1. The summed E-state index contributed by atoms with van der Waals surface area (Å²) in [6.07, 6.45) is 6.35. The molecule has 0 unspecified atom stereocenters. The maximum atomic E-state index is 12.6. The first kappa shape index (κ1) is 13.3. The third kappa shape index (κ3) is 2.14. The van der Waals surface area contributed by atoms with E-state index in [1.165, 1.54) is 16.8 Å². The minimum atomic E-state index is -3.56. The van der Waals surface area contributed by atoms with Crippen molar-refractivity contribution in [3.63, 3.8) is 0 Å². The number of aromatic nitrogens is 4. The normalized spacial score (nSPS) is 20.6. The van der Waals surface area contributed by atoms with Gasteiger partial charge in [-0.25, -0.2) is 18.4 Å². The molecule has 1 aliphatic heterocycles. The predicted molar refractivity (Wildman–Crippen MR) is 72.4 cm³/mol. The van der Waals surface area contributed by atoms with Gasteiger partial charge in [0.15, 0.2) is 5.03 Å². The number of rotatable bonds is 3. The van der Waals surface area contributed by atoms with Gasteiger partial charge in [-0.1, -0.05) is 0 Å². The van der Waals surface area contributed by atoms with Crippen molar-refractivity contribution in [1.82, 2.24) is 23.8 Å². The van der Waals surface area contributed by atoms with Crippen LogP contribution in [0.4, 0.5) is 0 Å². The largest absolute Gasteiger partial charge is 0.345 e. The van der Waals surface area contributed by atoms with Crippen LogP contribution in [0, 0.1) is 6.92 Å². The Bertz CT molecular complexity index is 718.